The molecule has 0 unspecified atom stereocenters. The first-order valence-corrected chi connectivity index (χ1v) is 10.2. The number of hydrogen-bond donors (Lipinski definition) is 0. The van der Waals surface area contributed by atoms with Crippen LogP contribution in [0, 0.1) is 0 Å². The van der Waals surface area contributed by atoms with Gasteiger partial charge in [-0.05, 0) is 44.9 Å². The van der Waals surface area contributed by atoms with Crippen molar-refractivity contribution < 1.29 is 4.79 Å². The molecule has 0 spiro atoms. The van der Waals surface area contributed by atoms with Gasteiger partial charge in [-0.1, -0.05) is 12.2 Å². The Morgan fingerprint density at radius 1 is 1.46 bits per heavy atom. The summed E-state index contributed by atoms with van der Waals surface area (Å²) in [6.45, 7) is 4.41. The van der Waals surface area contributed by atoms with Crippen molar-refractivity contribution in [2.45, 2.75) is 39.2 Å². The van der Waals surface area contributed by atoms with Crippen molar-refractivity contribution in [3.8, 4) is 0 Å². The lowest BCUT2D eigenvalue weighted by atomic mass is 10.1. The Hall–Kier alpha value is -1.66. The highest BCUT2D eigenvalue weighted by atomic mass is 32.2. The van der Waals surface area contributed by atoms with Gasteiger partial charge < -0.3 is 0 Å². The quantitative estimate of drug-likeness (QED) is 0.778. The first-order chi connectivity index (χ1) is 11.7. The van der Waals surface area contributed by atoms with E-state index in [2.05, 4.69) is 4.98 Å². The topological polar surface area (TPSA) is 45.6 Å². The third-order valence-electron chi connectivity index (χ3n) is 4.10. The molecule has 1 fully saturated rings. The third-order valence-corrected chi connectivity index (χ3v) is 5.88. The summed E-state index contributed by atoms with van der Waals surface area (Å²) < 4.78 is 0. The van der Waals surface area contributed by atoms with Crippen LogP contribution in [0.15, 0.2) is 45.4 Å². The second-order valence-corrected chi connectivity index (χ2v) is 7.42. The Morgan fingerprint density at radius 2 is 2.25 bits per heavy atom. The van der Waals surface area contributed by atoms with Gasteiger partial charge in [0, 0.05) is 16.5 Å². The Kier molecular flexibility index (Phi) is 5.36. The maximum absolute atomic E-state index is 12.5. The third kappa shape index (κ3) is 3.54. The summed E-state index contributed by atoms with van der Waals surface area (Å²) in [7, 11) is 0. The number of thioether (sulfide) groups is 1. The molecule has 2 heterocycles. The fraction of sp³-hybridized carbons (Fsp3) is 0.389. The van der Waals surface area contributed by atoms with Crippen molar-refractivity contribution >= 4 is 34.8 Å². The lowest BCUT2D eigenvalue weighted by molar-refractivity contribution is -0.123. The second-order valence-electron chi connectivity index (χ2n) is 5.71. The number of amidine groups is 1. The van der Waals surface area contributed by atoms with E-state index in [9.17, 15) is 4.79 Å². The van der Waals surface area contributed by atoms with Gasteiger partial charge in [-0.15, -0.1) is 23.1 Å². The monoisotopic (exact) mass is 359 g/mol. The summed E-state index contributed by atoms with van der Waals surface area (Å²) in [5.74, 6) is 1.31. The number of nitrogens with zero attached hydrogens (tertiary/aromatic N) is 3. The van der Waals surface area contributed by atoms with Crippen LogP contribution in [0.5, 0.6) is 0 Å². The summed E-state index contributed by atoms with van der Waals surface area (Å²) >= 11 is 3.28. The van der Waals surface area contributed by atoms with Gasteiger partial charge >= 0.3 is 0 Å². The van der Waals surface area contributed by atoms with Crippen molar-refractivity contribution in [1.82, 2.24) is 9.88 Å². The molecule has 1 aliphatic heterocycles. The Morgan fingerprint density at radius 3 is 2.88 bits per heavy atom. The lowest BCUT2D eigenvalue weighted by Crippen LogP contribution is -2.39. The number of carbonyl (C=O) groups excluding carboxylic acids is 1. The minimum absolute atomic E-state index is 0.0364. The molecule has 1 aromatic heterocycles. The number of rotatable bonds is 5. The molecule has 0 atom stereocenters. The van der Waals surface area contributed by atoms with E-state index in [1.807, 2.05) is 43.8 Å². The van der Waals surface area contributed by atoms with Gasteiger partial charge in [0.15, 0.2) is 0 Å². The number of thiazole rings is 1. The van der Waals surface area contributed by atoms with Crippen molar-refractivity contribution in [3.63, 3.8) is 0 Å². The zero-order valence-corrected chi connectivity index (χ0v) is 15.8. The number of hydrogen-bond acceptors (Lipinski definition) is 5. The average Bonchev–Trinajstić information content (AvgIpc) is 3.34. The zero-order chi connectivity index (χ0) is 17.1. The maximum atomic E-state index is 12.5. The number of amides is 1. The highest BCUT2D eigenvalue weighted by Crippen LogP contribution is 2.44. The van der Waals surface area contributed by atoms with Crippen LogP contribution in [0.4, 0.5) is 0 Å². The Labute approximate surface area is 151 Å². The molecule has 1 saturated carbocycles. The summed E-state index contributed by atoms with van der Waals surface area (Å²) in [6.07, 6.45) is 11.9. The van der Waals surface area contributed by atoms with Gasteiger partial charge in [-0.25, -0.2) is 9.98 Å². The molecule has 4 nitrogen and oxygen atoms in total. The Bertz CT molecular complexity index is 754. The van der Waals surface area contributed by atoms with E-state index >= 15 is 0 Å². The molecule has 126 valence electrons. The van der Waals surface area contributed by atoms with Gasteiger partial charge in [0.25, 0.3) is 5.91 Å². The maximum Gasteiger partial charge on any atom is 0.252 e. The predicted octanol–water partition coefficient (Wildman–Crippen LogP) is 4.49. The fourth-order valence-corrected chi connectivity index (χ4v) is 4.03. The predicted molar refractivity (Wildman–Crippen MR) is 102 cm³/mol. The van der Waals surface area contributed by atoms with Crippen molar-refractivity contribution in [2.24, 2.45) is 4.99 Å². The number of carbonyl (C=O) groups is 1. The molecule has 0 saturated heterocycles. The van der Waals surface area contributed by atoms with Crippen LogP contribution in [0.3, 0.4) is 0 Å². The van der Waals surface area contributed by atoms with Gasteiger partial charge in [-0.3, -0.25) is 9.69 Å². The first kappa shape index (κ1) is 17.2. The van der Waals surface area contributed by atoms with Crippen LogP contribution in [0.1, 0.15) is 43.2 Å². The van der Waals surface area contributed by atoms with E-state index in [4.69, 9.17) is 4.99 Å². The van der Waals surface area contributed by atoms with Crippen molar-refractivity contribution in [2.75, 3.05) is 6.26 Å². The molecule has 24 heavy (non-hydrogen) atoms. The molecular formula is C18H21N3OS2. The highest BCUT2D eigenvalue weighted by molar-refractivity contribution is 8.02. The fourth-order valence-electron chi connectivity index (χ4n) is 2.65. The largest absolute Gasteiger partial charge is 0.287 e. The van der Waals surface area contributed by atoms with Gasteiger partial charge in [0.05, 0.1) is 22.8 Å². The standard InChI is InChI=1S/C18H21N3OS2/c1-4-12-8-9-16(22)21(18(12)20-15(5-2)23-3)10-14-17(13-6-7-13)24-11-19-14/h4-5,8-9,11,13H,6-7,10H2,1-3H3/b12-4-,15-5?,20-18+. The summed E-state index contributed by atoms with van der Waals surface area (Å²) in [6, 6.07) is 0. The number of aliphatic imine (C=N–C) groups is 1. The SMILES string of the molecule is CC=C(/N=C1\C(=C/C)C=CC(=O)N1Cc1ncsc1C1CC1)SC. The van der Waals surface area contributed by atoms with E-state index in [0.29, 0.717) is 18.3 Å². The van der Waals surface area contributed by atoms with Crippen LogP contribution in [0.25, 0.3) is 0 Å². The normalized spacial score (nSPS) is 22.0. The van der Waals surface area contributed by atoms with Crippen LogP contribution in [-0.4, -0.2) is 27.9 Å². The molecular weight excluding hydrogens is 338 g/mol. The number of aromatic nitrogens is 1. The molecule has 0 N–H and O–H groups in total. The molecule has 2 aliphatic rings. The molecule has 6 heteroatoms. The smallest absolute Gasteiger partial charge is 0.252 e. The lowest BCUT2D eigenvalue weighted by Gasteiger charge is -2.27. The van der Waals surface area contributed by atoms with Gasteiger partial charge in [0.1, 0.15) is 5.84 Å². The second kappa shape index (κ2) is 7.49. The molecule has 1 amide bonds. The summed E-state index contributed by atoms with van der Waals surface area (Å²) in [5, 5.41) is 0.901. The van der Waals surface area contributed by atoms with Crippen LogP contribution in [0.2, 0.25) is 0 Å². The number of allylic oxidation sites excluding steroid dienone is 2. The molecule has 0 aromatic carbocycles. The van der Waals surface area contributed by atoms with E-state index in [0.717, 1.165) is 16.3 Å². The Balaban J connectivity index is 1.96. The average molecular weight is 360 g/mol. The van der Waals surface area contributed by atoms with Crippen molar-refractivity contribution in [3.05, 3.63) is 51.0 Å². The van der Waals surface area contributed by atoms with E-state index in [1.165, 1.54) is 17.7 Å². The zero-order valence-electron chi connectivity index (χ0n) is 14.2. The highest BCUT2D eigenvalue weighted by Gasteiger charge is 2.31. The van der Waals surface area contributed by atoms with Gasteiger partial charge in [-0.2, -0.15) is 0 Å². The molecule has 1 aliphatic carbocycles. The van der Waals surface area contributed by atoms with E-state index in [-0.39, 0.29) is 5.91 Å². The summed E-state index contributed by atoms with van der Waals surface area (Å²) in [4.78, 5) is 24.8. The van der Waals surface area contributed by atoms with Crippen LogP contribution in [-0.2, 0) is 11.3 Å². The molecule has 0 radical (unpaired) electrons. The summed E-state index contributed by atoms with van der Waals surface area (Å²) in [5.41, 5.74) is 3.87. The van der Waals surface area contributed by atoms with Gasteiger partial charge in [0.2, 0.25) is 0 Å². The molecule has 0 bridgehead atoms. The van der Waals surface area contributed by atoms with Crippen LogP contribution < -0.4 is 0 Å². The minimum Gasteiger partial charge on any atom is -0.287 e. The molecule has 3 rings (SSSR count). The van der Waals surface area contributed by atoms with E-state index in [1.54, 1.807) is 34.1 Å². The van der Waals surface area contributed by atoms with E-state index < -0.39 is 0 Å². The molecule has 1 aromatic rings. The first-order valence-electron chi connectivity index (χ1n) is 8.05. The van der Waals surface area contributed by atoms with Crippen molar-refractivity contribution in [1.29, 1.82) is 0 Å². The van der Waals surface area contributed by atoms with Crippen LogP contribution >= 0.6 is 23.1 Å². The minimum atomic E-state index is -0.0364.